The summed E-state index contributed by atoms with van der Waals surface area (Å²) in [5.74, 6) is 2.54. The number of fused-ring (bicyclic) bond motifs is 1. The average Bonchev–Trinajstić information content (AvgIpc) is 3.09. The Morgan fingerprint density at radius 3 is 1.56 bits per heavy atom. The maximum atomic E-state index is 13.1. The number of nitrogens with one attached hydrogen (secondary N) is 1. The zero-order valence-corrected chi connectivity index (χ0v) is 26.1. The molecule has 0 spiro atoms. The van der Waals surface area contributed by atoms with Crippen LogP contribution in [-0.2, 0) is 6.42 Å². The fourth-order valence-electron chi connectivity index (χ4n) is 5.10. The van der Waals surface area contributed by atoms with Gasteiger partial charge in [-0.25, -0.2) is 9.97 Å². The third-order valence-electron chi connectivity index (χ3n) is 7.34. The maximum Gasteiger partial charge on any atom is 0.251 e. The molecule has 1 amide bonds. The van der Waals surface area contributed by atoms with E-state index in [0.29, 0.717) is 80.2 Å². The average molecular weight is 610 g/mol. The number of methoxy groups -OCH3 is 6. The Hall–Kier alpha value is -5.51. The lowest BCUT2D eigenvalue weighted by molar-refractivity contribution is 0.0954. The Labute approximate surface area is 261 Å². The van der Waals surface area contributed by atoms with Crippen molar-refractivity contribution in [1.29, 1.82) is 0 Å². The lowest BCUT2D eigenvalue weighted by atomic mass is 10.0. The number of carbonyl (C=O) groups excluding carboxylic acids is 1. The molecule has 0 radical (unpaired) electrons. The highest BCUT2D eigenvalue weighted by Crippen LogP contribution is 2.45. The van der Waals surface area contributed by atoms with E-state index in [1.165, 1.54) is 0 Å². The lowest BCUT2D eigenvalue weighted by Gasteiger charge is -2.18. The van der Waals surface area contributed by atoms with Crippen molar-refractivity contribution < 1.29 is 33.2 Å². The largest absolute Gasteiger partial charge is 0.493 e. The molecule has 10 nitrogen and oxygen atoms in total. The predicted octanol–water partition coefficient (Wildman–Crippen LogP) is 5.99. The van der Waals surface area contributed by atoms with Crippen LogP contribution in [0.3, 0.4) is 0 Å². The first kappa shape index (κ1) is 30.9. The second kappa shape index (κ2) is 13.9. The summed E-state index contributed by atoms with van der Waals surface area (Å²) in [6.45, 7) is 0.503. The molecule has 10 heteroatoms. The molecule has 5 rings (SSSR count). The highest BCUT2D eigenvalue weighted by atomic mass is 16.5. The molecule has 0 atom stereocenters. The summed E-state index contributed by atoms with van der Waals surface area (Å²) < 4.78 is 33.6. The summed E-state index contributed by atoms with van der Waals surface area (Å²) in [5.41, 5.74) is 5.12. The Morgan fingerprint density at radius 1 is 0.600 bits per heavy atom. The fourth-order valence-corrected chi connectivity index (χ4v) is 5.10. The molecule has 0 saturated carbocycles. The van der Waals surface area contributed by atoms with Gasteiger partial charge in [-0.3, -0.25) is 4.79 Å². The van der Waals surface area contributed by atoms with E-state index in [9.17, 15) is 4.79 Å². The van der Waals surface area contributed by atoms with Crippen molar-refractivity contribution in [3.05, 3.63) is 83.9 Å². The van der Waals surface area contributed by atoms with Crippen LogP contribution in [-0.4, -0.2) is 65.1 Å². The second-order valence-corrected chi connectivity index (χ2v) is 9.94. The topological polar surface area (TPSA) is 110 Å². The van der Waals surface area contributed by atoms with Crippen molar-refractivity contribution in [1.82, 2.24) is 15.3 Å². The number of benzene rings is 4. The standard InChI is InChI=1S/C35H35N3O7/c1-40-27-17-23(18-28(41-2)33(27)44-5)31-32(24-19-29(42-3)34(45-6)30(20-24)43-4)38-26-16-22(12-13-25(26)37-31)35(39)36-15-14-21-10-8-7-9-11-21/h7-13,16-20H,14-15H2,1-6H3,(H,36,39). The van der Waals surface area contributed by atoms with Crippen LogP contribution in [0.5, 0.6) is 34.5 Å². The minimum atomic E-state index is -0.197. The van der Waals surface area contributed by atoms with Gasteiger partial charge in [-0.2, -0.15) is 0 Å². The summed E-state index contributed by atoms with van der Waals surface area (Å²) in [6.07, 6.45) is 0.726. The van der Waals surface area contributed by atoms with Crippen LogP contribution in [0.4, 0.5) is 0 Å². The second-order valence-electron chi connectivity index (χ2n) is 9.94. The first-order valence-electron chi connectivity index (χ1n) is 14.2. The molecular formula is C35H35N3O7. The molecule has 1 heterocycles. The quantitative estimate of drug-likeness (QED) is 0.182. The van der Waals surface area contributed by atoms with E-state index in [4.69, 9.17) is 38.4 Å². The minimum Gasteiger partial charge on any atom is -0.493 e. The minimum absolute atomic E-state index is 0.197. The van der Waals surface area contributed by atoms with Crippen molar-refractivity contribution in [2.75, 3.05) is 49.2 Å². The molecule has 1 aromatic heterocycles. The monoisotopic (exact) mass is 609 g/mol. The molecule has 1 N–H and O–H groups in total. The van der Waals surface area contributed by atoms with Crippen molar-refractivity contribution in [3.8, 4) is 57.0 Å². The molecule has 5 aromatic rings. The lowest BCUT2D eigenvalue weighted by Crippen LogP contribution is -2.25. The third-order valence-corrected chi connectivity index (χ3v) is 7.34. The summed E-state index contributed by atoms with van der Waals surface area (Å²) in [6, 6.07) is 22.5. The number of nitrogens with zero attached hydrogens (tertiary/aromatic N) is 2. The van der Waals surface area contributed by atoms with Gasteiger partial charge >= 0.3 is 0 Å². The molecule has 0 aliphatic carbocycles. The van der Waals surface area contributed by atoms with Gasteiger partial charge in [0.2, 0.25) is 11.5 Å². The van der Waals surface area contributed by atoms with Gasteiger partial charge in [0.25, 0.3) is 5.91 Å². The molecule has 0 saturated heterocycles. The van der Waals surface area contributed by atoms with E-state index >= 15 is 0 Å². The first-order chi connectivity index (χ1) is 21.9. The van der Waals surface area contributed by atoms with Crippen LogP contribution in [0, 0.1) is 0 Å². The summed E-state index contributed by atoms with van der Waals surface area (Å²) in [5, 5.41) is 3.00. The number of hydrogen-bond acceptors (Lipinski definition) is 9. The first-order valence-corrected chi connectivity index (χ1v) is 14.2. The van der Waals surface area contributed by atoms with Crippen LogP contribution in [0.1, 0.15) is 15.9 Å². The molecule has 45 heavy (non-hydrogen) atoms. The van der Waals surface area contributed by atoms with E-state index in [1.807, 2.05) is 42.5 Å². The number of ether oxygens (including phenoxy) is 6. The number of rotatable bonds is 12. The van der Waals surface area contributed by atoms with Gasteiger partial charge in [-0.05, 0) is 54.4 Å². The smallest absolute Gasteiger partial charge is 0.251 e. The van der Waals surface area contributed by atoms with Crippen molar-refractivity contribution in [2.45, 2.75) is 6.42 Å². The SMILES string of the molecule is COc1cc(-c2nc3ccc(C(=O)NCCc4ccccc4)cc3nc2-c2cc(OC)c(OC)c(OC)c2)cc(OC)c1OC. The Kier molecular flexibility index (Phi) is 9.52. The van der Waals surface area contributed by atoms with E-state index in [-0.39, 0.29) is 5.91 Å². The molecule has 232 valence electrons. The van der Waals surface area contributed by atoms with Gasteiger partial charge in [0.1, 0.15) is 0 Å². The summed E-state index contributed by atoms with van der Waals surface area (Å²) in [7, 11) is 9.31. The Balaban J connectivity index is 1.64. The Bertz CT molecular complexity index is 1780. The molecule has 0 unspecified atom stereocenters. The fraction of sp³-hybridized carbons (Fsp3) is 0.229. The van der Waals surface area contributed by atoms with Gasteiger partial charge in [0, 0.05) is 23.2 Å². The molecule has 0 aliphatic rings. The third kappa shape index (κ3) is 6.40. The van der Waals surface area contributed by atoms with Gasteiger partial charge in [-0.15, -0.1) is 0 Å². The number of hydrogen-bond donors (Lipinski definition) is 1. The van der Waals surface area contributed by atoms with Crippen LogP contribution < -0.4 is 33.7 Å². The van der Waals surface area contributed by atoms with E-state index in [1.54, 1.807) is 73.0 Å². The normalized spacial score (nSPS) is 10.7. The van der Waals surface area contributed by atoms with Crippen molar-refractivity contribution >= 4 is 16.9 Å². The summed E-state index contributed by atoms with van der Waals surface area (Å²) in [4.78, 5) is 23.2. The highest BCUT2D eigenvalue weighted by Gasteiger charge is 2.22. The zero-order valence-electron chi connectivity index (χ0n) is 26.1. The molecule has 0 fully saturated rings. The molecular weight excluding hydrogens is 574 g/mol. The highest BCUT2D eigenvalue weighted by molar-refractivity contribution is 5.98. The zero-order chi connectivity index (χ0) is 31.9. The Morgan fingerprint density at radius 2 is 1.09 bits per heavy atom. The molecule has 0 bridgehead atoms. The van der Waals surface area contributed by atoms with Crippen molar-refractivity contribution in [3.63, 3.8) is 0 Å². The van der Waals surface area contributed by atoms with Crippen LogP contribution in [0.2, 0.25) is 0 Å². The van der Waals surface area contributed by atoms with Gasteiger partial charge in [0.05, 0.1) is 65.1 Å². The number of aromatic nitrogens is 2. The van der Waals surface area contributed by atoms with Gasteiger partial charge < -0.3 is 33.7 Å². The predicted molar refractivity (Wildman–Crippen MR) is 172 cm³/mol. The van der Waals surface area contributed by atoms with Gasteiger partial charge in [-0.1, -0.05) is 30.3 Å². The van der Waals surface area contributed by atoms with Crippen LogP contribution >= 0.6 is 0 Å². The number of carbonyl (C=O) groups is 1. The maximum absolute atomic E-state index is 13.1. The van der Waals surface area contributed by atoms with Crippen LogP contribution in [0.25, 0.3) is 33.5 Å². The van der Waals surface area contributed by atoms with E-state index in [0.717, 1.165) is 12.0 Å². The molecule has 4 aromatic carbocycles. The van der Waals surface area contributed by atoms with E-state index < -0.39 is 0 Å². The summed E-state index contributed by atoms with van der Waals surface area (Å²) >= 11 is 0. The van der Waals surface area contributed by atoms with Crippen molar-refractivity contribution in [2.24, 2.45) is 0 Å². The molecule has 0 aliphatic heterocycles. The van der Waals surface area contributed by atoms with Gasteiger partial charge in [0.15, 0.2) is 23.0 Å². The van der Waals surface area contributed by atoms with E-state index in [2.05, 4.69) is 5.32 Å². The van der Waals surface area contributed by atoms with Crippen LogP contribution in [0.15, 0.2) is 72.8 Å². The number of amides is 1.